The second kappa shape index (κ2) is 9.07. The molecule has 1 saturated heterocycles. The van der Waals surface area contributed by atoms with Crippen LogP contribution in [-0.2, 0) is 19.6 Å². The molecule has 164 valence electrons. The molecule has 1 N–H and O–H groups in total. The molecule has 1 fully saturated rings. The number of carbonyl (C=O) groups excluding carboxylic acids is 2. The van der Waals surface area contributed by atoms with Crippen molar-refractivity contribution >= 4 is 33.2 Å². The number of anilines is 2. The summed E-state index contributed by atoms with van der Waals surface area (Å²) in [6, 6.07) is 13.6. The van der Waals surface area contributed by atoms with Gasteiger partial charge in [-0.3, -0.25) is 9.59 Å². The second-order valence-corrected chi connectivity index (χ2v) is 9.47. The monoisotopic (exact) mass is 443 g/mol. The second-order valence-electron chi connectivity index (χ2n) is 7.56. The third kappa shape index (κ3) is 4.57. The Morgan fingerprint density at radius 3 is 2.52 bits per heavy atom. The molecule has 2 amide bonds. The lowest BCUT2D eigenvalue weighted by Crippen LogP contribution is -2.40. The molecular weight excluding hydrogens is 418 g/mol. The molecule has 2 aliphatic heterocycles. The summed E-state index contributed by atoms with van der Waals surface area (Å²) in [5.74, 6) is 0.0122. The number of hydrogen-bond acceptors (Lipinski definition) is 5. The highest BCUT2D eigenvalue weighted by Gasteiger charge is 2.29. The first kappa shape index (κ1) is 21.3. The van der Waals surface area contributed by atoms with Crippen molar-refractivity contribution < 1.29 is 22.7 Å². The van der Waals surface area contributed by atoms with E-state index in [-0.39, 0.29) is 42.0 Å². The number of piperidine rings is 1. The Balaban J connectivity index is 1.46. The molecule has 0 atom stereocenters. The van der Waals surface area contributed by atoms with Crippen molar-refractivity contribution in [3.63, 3.8) is 0 Å². The molecule has 0 saturated carbocycles. The van der Waals surface area contributed by atoms with E-state index in [4.69, 9.17) is 4.74 Å². The predicted octanol–water partition coefficient (Wildman–Crippen LogP) is 2.62. The zero-order valence-corrected chi connectivity index (χ0v) is 17.9. The van der Waals surface area contributed by atoms with E-state index in [1.165, 1.54) is 15.3 Å². The van der Waals surface area contributed by atoms with Gasteiger partial charge in [-0.05, 0) is 37.1 Å². The maximum absolute atomic E-state index is 13.1. The fourth-order valence-corrected chi connectivity index (χ4v) is 5.53. The van der Waals surface area contributed by atoms with Crippen LogP contribution in [0.15, 0.2) is 53.4 Å². The lowest BCUT2D eigenvalue weighted by atomic mass is 10.2. The zero-order chi connectivity index (χ0) is 21.8. The fraction of sp³-hybridized carbons (Fsp3) is 0.364. The minimum Gasteiger partial charge on any atom is -0.482 e. The summed E-state index contributed by atoms with van der Waals surface area (Å²) in [5.41, 5.74) is 0.881. The summed E-state index contributed by atoms with van der Waals surface area (Å²) < 4.78 is 33.1. The van der Waals surface area contributed by atoms with Crippen LogP contribution >= 0.6 is 0 Å². The van der Waals surface area contributed by atoms with Gasteiger partial charge in [0.15, 0.2) is 6.61 Å². The minimum atomic E-state index is -3.68. The van der Waals surface area contributed by atoms with Crippen molar-refractivity contribution in [2.45, 2.75) is 30.6 Å². The summed E-state index contributed by atoms with van der Waals surface area (Å²) in [6.07, 6.45) is 2.72. The van der Waals surface area contributed by atoms with Crippen molar-refractivity contribution in [1.29, 1.82) is 0 Å². The third-order valence-electron chi connectivity index (χ3n) is 5.46. The van der Waals surface area contributed by atoms with Gasteiger partial charge in [0.25, 0.3) is 5.91 Å². The number of fused-ring (bicyclic) bond motifs is 1. The van der Waals surface area contributed by atoms with Crippen LogP contribution in [0.5, 0.6) is 5.75 Å². The number of para-hydroxylation sites is 3. The largest absolute Gasteiger partial charge is 0.482 e. The van der Waals surface area contributed by atoms with Gasteiger partial charge in [-0.2, -0.15) is 4.31 Å². The van der Waals surface area contributed by atoms with Crippen LogP contribution < -0.4 is 15.0 Å². The van der Waals surface area contributed by atoms with Gasteiger partial charge >= 0.3 is 0 Å². The summed E-state index contributed by atoms with van der Waals surface area (Å²) >= 11 is 0. The molecule has 2 aromatic carbocycles. The van der Waals surface area contributed by atoms with Gasteiger partial charge in [-0.1, -0.05) is 30.7 Å². The van der Waals surface area contributed by atoms with Crippen LogP contribution in [0.2, 0.25) is 0 Å². The predicted molar refractivity (Wildman–Crippen MR) is 117 cm³/mol. The number of carbonyl (C=O) groups is 2. The Hall–Kier alpha value is -2.91. The molecule has 2 aliphatic rings. The van der Waals surface area contributed by atoms with Crippen molar-refractivity contribution in [3.8, 4) is 5.75 Å². The van der Waals surface area contributed by atoms with Gasteiger partial charge in [0.05, 0.1) is 11.4 Å². The third-order valence-corrected chi connectivity index (χ3v) is 7.42. The average Bonchev–Trinajstić information content (AvgIpc) is 2.79. The molecule has 2 heterocycles. The highest BCUT2D eigenvalue weighted by molar-refractivity contribution is 7.89. The Morgan fingerprint density at radius 1 is 1.00 bits per heavy atom. The van der Waals surface area contributed by atoms with Gasteiger partial charge in [0.2, 0.25) is 15.9 Å². The number of ether oxygens (including phenoxy) is 1. The average molecular weight is 444 g/mol. The molecule has 0 aliphatic carbocycles. The number of nitrogens with one attached hydrogen (secondary N) is 1. The van der Waals surface area contributed by atoms with Crippen LogP contribution in [-0.4, -0.2) is 50.8 Å². The van der Waals surface area contributed by atoms with E-state index < -0.39 is 10.0 Å². The minimum absolute atomic E-state index is 0.0260. The maximum Gasteiger partial charge on any atom is 0.265 e. The lowest BCUT2D eigenvalue weighted by Gasteiger charge is -2.29. The first-order valence-electron chi connectivity index (χ1n) is 10.4. The summed E-state index contributed by atoms with van der Waals surface area (Å²) in [5, 5.41) is 2.72. The van der Waals surface area contributed by atoms with Gasteiger partial charge < -0.3 is 15.0 Å². The van der Waals surface area contributed by atoms with E-state index in [0.29, 0.717) is 24.5 Å². The molecule has 8 nitrogen and oxygen atoms in total. The van der Waals surface area contributed by atoms with E-state index in [0.717, 1.165) is 19.3 Å². The van der Waals surface area contributed by atoms with Crippen molar-refractivity contribution in [2.24, 2.45) is 0 Å². The fourth-order valence-electron chi connectivity index (χ4n) is 3.86. The Morgan fingerprint density at radius 2 is 1.71 bits per heavy atom. The van der Waals surface area contributed by atoms with E-state index in [2.05, 4.69) is 5.32 Å². The molecule has 0 bridgehead atoms. The molecule has 0 aromatic heterocycles. The first-order valence-corrected chi connectivity index (χ1v) is 11.8. The maximum atomic E-state index is 13.1. The molecule has 9 heteroatoms. The molecule has 0 spiro atoms. The van der Waals surface area contributed by atoms with Crippen molar-refractivity contribution in [1.82, 2.24) is 4.31 Å². The molecule has 4 rings (SSSR count). The van der Waals surface area contributed by atoms with E-state index in [1.54, 1.807) is 36.4 Å². The van der Waals surface area contributed by atoms with Gasteiger partial charge in [0.1, 0.15) is 10.6 Å². The summed E-state index contributed by atoms with van der Waals surface area (Å²) in [6.45, 7) is 1.08. The SMILES string of the molecule is O=C(CCN1C(=O)COc2ccccc21)Nc1ccccc1S(=O)(=O)N1CCCCC1. The highest BCUT2D eigenvalue weighted by Crippen LogP contribution is 2.32. The lowest BCUT2D eigenvalue weighted by molar-refractivity contribution is -0.121. The number of nitrogens with zero attached hydrogens (tertiary/aromatic N) is 2. The summed E-state index contributed by atoms with van der Waals surface area (Å²) in [7, 11) is -3.68. The molecule has 0 radical (unpaired) electrons. The number of amides is 2. The first-order chi connectivity index (χ1) is 15.0. The molecule has 2 aromatic rings. The normalized spacial score (nSPS) is 17.0. The smallest absolute Gasteiger partial charge is 0.265 e. The van der Waals surface area contributed by atoms with Gasteiger partial charge in [-0.15, -0.1) is 0 Å². The molecule has 0 unspecified atom stereocenters. The Labute approximate surface area is 181 Å². The standard InChI is InChI=1S/C22H25N3O5S/c26-21(12-15-25-18-9-3-4-10-19(18)30-16-22(25)27)23-17-8-2-5-11-20(17)31(28,29)24-13-6-1-7-14-24/h2-5,8-11H,1,6-7,12-16H2,(H,23,26). The van der Waals surface area contributed by atoms with Crippen molar-refractivity contribution in [3.05, 3.63) is 48.5 Å². The van der Waals surface area contributed by atoms with Crippen LogP contribution in [0.1, 0.15) is 25.7 Å². The zero-order valence-electron chi connectivity index (χ0n) is 17.1. The Bertz CT molecular complexity index is 1080. The van der Waals surface area contributed by atoms with Crippen LogP contribution in [0.4, 0.5) is 11.4 Å². The van der Waals surface area contributed by atoms with E-state index in [1.807, 2.05) is 6.07 Å². The number of benzene rings is 2. The molecular formula is C22H25N3O5S. The van der Waals surface area contributed by atoms with Crippen LogP contribution in [0.25, 0.3) is 0 Å². The molecule has 31 heavy (non-hydrogen) atoms. The highest BCUT2D eigenvalue weighted by atomic mass is 32.2. The number of rotatable bonds is 6. The number of hydrogen-bond donors (Lipinski definition) is 1. The van der Waals surface area contributed by atoms with Gasteiger partial charge in [-0.25, -0.2) is 8.42 Å². The van der Waals surface area contributed by atoms with E-state index in [9.17, 15) is 18.0 Å². The van der Waals surface area contributed by atoms with Crippen molar-refractivity contribution in [2.75, 3.05) is 36.5 Å². The van der Waals surface area contributed by atoms with E-state index >= 15 is 0 Å². The number of sulfonamides is 1. The van der Waals surface area contributed by atoms with Crippen LogP contribution in [0, 0.1) is 0 Å². The quantitative estimate of drug-likeness (QED) is 0.740. The Kier molecular flexibility index (Phi) is 6.24. The van der Waals surface area contributed by atoms with Gasteiger partial charge in [0, 0.05) is 26.1 Å². The summed E-state index contributed by atoms with van der Waals surface area (Å²) in [4.78, 5) is 26.5. The topological polar surface area (TPSA) is 96.0 Å². The van der Waals surface area contributed by atoms with Crippen LogP contribution in [0.3, 0.4) is 0 Å².